The Morgan fingerprint density at radius 1 is 1.14 bits per heavy atom. The summed E-state index contributed by atoms with van der Waals surface area (Å²) in [4.78, 5) is 8.71. The van der Waals surface area contributed by atoms with E-state index in [1.54, 1.807) is 6.33 Å². The van der Waals surface area contributed by atoms with Crippen molar-refractivity contribution in [2.24, 2.45) is 0 Å². The number of nitrogens with zero attached hydrogens (tertiary/aromatic N) is 4. The summed E-state index contributed by atoms with van der Waals surface area (Å²) in [6, 6.07) is 10.4. The third kappa shape index (κ3) is 2.23. The summed E-state index contributed by atoms with van der Waals surface area (Å²) in [5.74, 6) is 0.829. The minimum atomic E-state index is 0.284. The van der Waals surface area contributed by atoms with Gasteiger partial charge in [-0.05, 0) is 25.0 Å². The van der Waals surface area contributed by atoms with Gasteiger partial charge in [0.1, 0.15) is 12.1 Å². The number of anilines is 1. The van der Waals surface area contributed by atoms with Crippen molar-refractivity contribution >= 4 is 28.5 Å². The van der Waals surface area contributed by atoms with E-state index in [9.17, 15) is 0 Å². The Hall–Kier alpha value is -2.14. The highest BCUT2D eigenvalue weighted by molar-refractivity contribution is 6.21. The van der Waals surface area contributed by atoms with Crippen LogP contribution in [0, 0.1) is 0 Å². The molecule has 2 heterocycles. The second-order valence-electron chi connectivity index (χ2n) is 5.26. The Labute approximate surface area is 127 Å². The van der Waals surface area contributed by atoms with Crippen molar-refractivity contribution < 1.29 is 0 Å². The highest BCUT2D eigenvalue weighted by Gasteiger charge is 2.28. The topological polar surface area (TPSA) is 55.6 Å². The maximum absolute atomic E-state index is 6.02. The van der Waals surface area contributed by atoms with Crippen molar-refractivity contribution in [2.45, 2.75) is 24.3 Å². The molecule has 1 fully saturated rings. The van der Waals surface area contributed by atoms with Crippen molar-refractivity contribution in [2.75, 3.05) is 5.32 Å². The van der Waals surface area contributed by atoms with Gasteiger partial charge in [0.05, 0.1) is 17.3 Å². The number of hydrogen-bond donors (Lipinski definition) is 1. The SMILES string of the molecule is ClC1CC(Nc2ncnc3c2cnn3-c2ccccc2)C1. The molecule has 0 atom stereocenters. The van der Waals surface area contributed by atoms with E-state index in [0.29, 0.717) is 6.04 Å². The first-order chi connectivity index (χ1) is 10.3. The predicted molar refractivity (Wildman–Crippen MR) is 82.9 cm³/mol. The average molecular weight is 300 g/mol. The summed E-state index contributed by atoms with van der Waals surface area (Å²) < 4.78 is 1.83. The molecular formula is C15H14ClN5. The maximum Gasteiger partial charge on any atom is 0.168 e. The van der Waals surface area contributed by atoms with E-state index in [1.165, 1.54) is 0 Å². The molecule has 2 aromatic heterocycles. The lowest BCUT2D eigenvalue weighted by Gasteiger charge is -2.31. The number of rotatable bonds is 3. The molecule has 3 aromatic rings. The number of halogens is 1. The van der Waals surface area contributed by atoms with Gasteiger partial charge in [0.25, 0.3) is 0 Å². The molecule has 0 radical (unpaired) electrons. The number of fused-ring (bicyclic) bond motifs is 1. The molecule has 0 saturated heterocycles. The standard InChI is InChI=1S/C15H14ClN5/c16-10-6-11(7-10)20-14-13-8-19-21(15(13)18-9-17-14)12-4-2-1-3-5-12/h1-5,8-11H,6-7H2,(H,17,18,20). The molecule has 0 unspecified atom stereocenters. The number of benzene rings is 1. The lowest BCUT2D eigenvalue weighted by molar-refractivity contribution is 0.454. The smallest absolute Gasteiger partial charge is 0.168 e. The minimum Gasteiger partial charge on any atom is -0.367 e. The molecule has 0 aliphatic heterocycles. The van der Waals surface area contributed by atoms with Crippen molar-refractivity contribution in [3.8, 4) is 5.69 Å². The summed E-state index contributed by atoms with van der Waals surface area (Å²) in [7, 11) is 0. The van der Waals surface area contributed by atoms with E-state index >= 15 is 0 Å². The van der Waals surface area contributed by atoms with Crippen LogP contribution in [0.1, 0.15) is 12.8 Å². The Morgan fingerprint density at radius 2 is 1.95 bits per heavy atom. The van der Waals surface area contributed by atoms with Crippen LogP contribution in [0.4, 0.5) is 5.82 Å². The Morgan fingerprint density at radius 3 is 2.71 bits per heavy atom. The van der Waals surface area contributed by atoms with Crippen LogP contribution < -0.4 is 5.32 Å². The van der Waals surface area contributed by atoms with Crippen molar-refractivity contribution in [3.63, 3.8) is 0 Å². The summed E-state index contributed by atoms with van der Waals surface area (Å²) in [6.45, 7) is 0. The van der Waals surface area contributed by atoms with Gasteiger partial charge in [-0.25, -0.2) is 14.6 Å². The fourth-order valence-corrected chi connectivity index (χ4v) is 3.01. The Bertz CT molecular complexity index is 764. The number of nitrogens with one attached hydrogen (secondary N) is 1. The van der Waals surface area contributed by atoms with Crippen LogP contribution in [-0.4, -0.2) is 31.2 Å². The van der Waals surface area contributed by atoms with Crippen LogP contribution in [0.25, 0.3) is 16.7 Å². The van der Waals surface area contributed by atoms with E-state index in [0.717, 1.165) is 35.4 Å². The first-order valence-electron chi connectivity index (χ1n) is 6.96. The van der Waals surface area contributed by atoms with Gasteiger partial charge in [0.2, 0.25) is 0 Å². The van der Waals surface area contributed by atoms with E-state index in [-0.39, 0.29) is 5.38 Å². The fourth-order valence-electron chi connectivity index (χ4n) is 2.58. The van der Waals surface area contributed by atoms with Crippen LogP contribution in [0.2, 0.25) is 0 Å². The number of alkyl halides is 1. The van der Waals surface area contributed by atoms with Crippen molar-refractivity contribution in [1.82, 2.24) is 19.7 Å². The third-order valence-corrected chi connectivity index (χ3v) is 4.14. The Balaban J connectivity index is 1.73. The summed E-state index contributed by atoms with van der Waals surface area (Å²) in [5.41, 5.74) is 1.79. The Kier molecular flexibility index (Phi) is 3.00. The van der Waals surface area contributed by atoms with E-state index in [1.807, 2.05) is 41.2 Å². The lowest BCUT2D eigenvalue weighted by Crippen LogP contribution is -2.36. The van der Waals surface area contributed by atoms with Crippen LogP contribution in [-0.2, 0) is 0 Å². The number of para-hydroxylation sites is 1. The molecular weight excluding hydrogens is 286 g/mol. The third-order valence-electron chi connectivity index (χ3n) is 3.79. The molecule has 1 N–H and O–H groups in total. The molecule has 0 spiro atoms. The molecule has 1 aliphatic rings. The first-order valence-corrected chi connectivity index (χ1v) is 7.39. The van der Waals surface area contributed by atoms with Gasteiger partial charge in [-0.3, -0.25) is 0 Å². The van der Waals surface area contributed by atoms with Crippen LogP contribution in [0.5, 0.6) is 0 Å². The highest BCUT2D eigenvalue weighted by atomic mass is 35.5. The zero-order valence-corrected chi connectivity index (χ0v) is 12.0. The number of aromatic nitrogens is 4. The lowest BCUT2D eigenvalue weighted by atomic mass is 9.92. The second kappa shape index (κ2) is 5.00. The van der Waals surface area contributed by atoms with E-state index in [4.69, 9.17) is 11.6 Å². The summed E-state index contributed by atoms with van der Waals surface area (Å²) in [5, 5.41) is 9.08. The fraction of sp³-hybridized carbons (Fsp3) is 0.267. The summed E-state index contributed by atoms with van der Waals surface area (Å²) in [6.07, 6.45) is 5.32. The molecule has 4 rings (SSSR count). The van der Waals surface area contributed by atoms with Gasteiger partial charge in [0.15, 0.2) is 5.65 Å². The van der Waals surface area contributed by atoms with Gasteiger partial charge >= 0.3 is 0 Å². The first kappa shape index (κ1) is 12.6. The average Bonchev–Trinajstić information content (AvgIpc) is 2.91. The monoisotopic (exact) mass is 299 g/mol. The number of hydrogen-bond acceptors (Lipinski definition) is 4. The van der Waals surface area contributed by atoms with E-state index < -0.39 is 0 Å². The highest BCUT2D eigenvalue weighted by Crippen LogP contribution is 2.30. The second-order valence-corrected chi connectivity index (χ2v) is 5.88. The maximum atomic E-state index is 6.02. The zero-order valence-electron chi connectivity index (χ0n) is 11.3. The molecule has 0 amide bonds. The molecule has 21 heavy (non-hydrogen) atoms. The molecule has 6 heteroatoms. The largest absolute Gasteiger partial charge is 0.367 e. The predicted octanol–water partition coefficient (Wildman–Crippen LogP) is 3.00. The van der Waals surface area contributed by atoms with E-state index in [2.05, 4.69) is 20.4 Å². The zero-order chi connectivity index (χ0) is 14.2. The minimum absolute atomic E-state index is 0.284. The van der Waals surface area contributed by atoms with Gasteiger partial charge in [-0.2, -0.15) is 5.10 Å². The van der Waals surface area contributed by atoms with Crippen molar-refractivity contribution in [1.29, 1.82) is 0 Å². The molecule has 1 saturated carbocycles. The van der Waals surface area contributed by atoms with Crippen molar-refractivity contribution in [3.05, 3.63) is 42.9 Å². The summed E-state index contributed by atoms with van der Waals surface area (Å²) >= 11 is 6.02. The molecule has 106 valence electrons. The molecule has 1 aliphatic carbocycles. The van der Waals surface area contributed by atoms with Gasteiger partial charge < -0.3 is 5.32 Å². The van der Waals surface area contributed by atoms with Gasteiger partial charge in [-0.15, -0.1) is 11.6 Å². The van der Waals surface area contributed by atoms with Gasteiger partial charge in [0, 0.05) is 11.4 Å². The molecule has 1 aromatic carbocycles. The quantitative estimate of drug-likeness (QED) is 0.755. The van der Waals surface area contributed by atoms with Crippen LogP contribution in [0.3, 0.4) is 0 Å². The van der Waals surface area contributed by atoms with Gasteiger partial charge in [-0.1, -0.05) is 18.2 Å². The molecule has 5 nitrogen and oxygen atoms in total. The molecule has 0 bridgehead atoms. The van der Waals surface area contributed by atoms with Crippen LogP contribution >= 0.6 is 11.6 Å². The van der Waals surface area contributed by atoms with Crippen LogP contribution in [0.15, 0.2) is 42.9 Å². The normalized spacial score (nSPS) is 21.2.